The number of amides is 1. The molecule has 1 saturated carbocycles. The third-order valence-electron chi connectivity index (χ3n) is 4.01. The Morgan fingerprint density at radius 1 is 1.29 bits per heavy atom. The second-order valence-corrected chi connectivity index (χ2v) is 6.11. The van der Waals surface area contributed by atoms with E-state index in [0.717, 1.165) is 31.4 Å². The van der Waals surface area contributed by atoms with Crippen molar-refractivity contribution in [2.45, 2.75) is 31.7 Å². The molecule has 0 spiro atoms. The predicted octanol–water partition coefficient (Wildman–Crippen LogP) is 2.69. The summed E-state index contributed by atoms with van der Waals surface area (Å²) in [5.74, 6) is 1.11. The van der Waals surface area contributed by atoms with Crippen LogP contribution in [0.4, 0.5) is 0 Å². The lowest BCUT2D eigenvalue weighted by atomic mass is 9.85. The van der Waals surface area contributed by atoms with E-state index in [4.69, 9.17) is 22.1 Å². The summed E-state index contributed by atoms with van der Waals surface area (Å²) in [6, 6.07) is 7.50. The smallest absolute Gasteiger partial charge is 0.225 e. The highest BCUT2D eigenvalue weighted by Crippen LogP contribution is 2.24. The van der Waals surface area contributed by atoms with Gasteiger partial charge in [-0.25, -0.2) is 0 Å². The van der Waals surface area contributed by atoms with Crippen molar-refractivity contribution in [3.05, 3.63) is 29.3 Å². The number of hydrogen-bond donors (Lipinski definition) is 1. The monoisotopic (exact) mass is 310 g/mol. The lowest BCUT2D eigenvalue weighted by Crippen LogP contribution is -2.39. The fraction of sp³-hybridized carbons (Fsp3) is 0.562. The van der Waals surface area contributed by atoms with Crippen LogP contribution in [-0.4, -0.2) is 37.0 Å². The van der Waals surface area contributed by atoms with Crippen molar-refractivity contribution in [2.75, 3.05) is 20.2 Å². The van der Waals surface area contributed by atoms with Gasteiger partial charge in [-0.05, 0) is 49.9 Å². The number of carbonyl (C=O) groups excluding carboxylic acids is 1. The van der Waals surface area contributed by atoms with Crippen LogP contribution in [0.1, 0.15) is 25.7 Å². The second-order valence-electron chi connectivity index (χ2n) is 5.67. The van der Waals surface area contributed by atoms with Gasteiger partial charge < -0.3 is 15.4 Å². The van der Waals surface area contributed by atoms with Crippen LogP contribution < -0.4 is 10.5 Å². The molecule has 0 saturated heterocycles. The van der Waals surface area contributed by atoms with E-state index in [9.17, 15) is 4.79 Å². The molecule has 2 rings (SSSR count). The van der Waals surface area contributed by atoms with Crippen molar-refractivity contribution in [3.63, 3.8) is 0 Å². The molecule has 0 aromatic heterocycles. The van der Waals surface area contributed by atoms with Crippen LogP contribution >= 0.6 is 11.6 Å². The number of nitrogens with two attached hydrogens (primary N) is 1. The molecule has 21 heavy (non-hydrogen) atoms. The van der Waals surface area contributed by atoms with Crippen molar-refractivity contribution in [1.82, 2.24) is 4.90 Å². The van der Waals surface area contributed by atoms with Crippen LogP contribution in [0.5, 0.6) is 5.75 Å². The fourth-order valence-electron chi connectivity index (χ4n) is 2.62. The summed E-state index contributed by atoms with van der Waals surface area (Å²) in [5.41, 5.74) is 5.87. The first-order chi connectivity index (χ1) is 10.1. The SMILES string of the molecule is CN(CCOc1ccc(Cl)cc1)C(=O)C1CCC(N)CC1. The van der Waals surface area contributed by atoms with E-state index < -0.39 is 0 Å². The molecule has 0 radical (unpaired) electrons. The van der Waals surface area contributed by atoms with E-state index in [1.807, 2.05) is 19.2 Å². The van der Waals surface area contributed by atoms with Gasteiger partial charge in [-0.3, -0.25) is 4.79 Å². The van der Waals surface area contributed by atoms with E-state index in [2.05, 4.69) is 0 Å². The van der Waals surface area contributed by atoms with Crippen LogP contribution in [0, 0.1) is 5.92 Å². The number of halogens is 1. The molecule has 4 nitrogen and oxygen atoms in total. The molecular weight excluding hydrogens is 288 g/mol. The molecule has 0 aliphatic heterocycles. The molecule has 1 amide bonds. The van der Waals surface area contributed by atoms with Gasteiger partial charge in [0.25, 0.3) is 0 Å². The maximum absolute atomic E-state index is 12.3. The van der Waals surface area contributed by atoms with Crippen LogP contribution in [0.15, 0.2) is 24.3 Å². The highest BCUT2D eigenvalue weighted by molar-refractivity contribution is 6.30. The maximum atomic E-state index is 12.3. The highest BCUT2D eigenvalue weighted by atomic mass is 35.5. The van der Waals surface area contributed by atoms with Gasteiger partial charge in [0, 0.05) is 24.0 Å². The summed E-state index contributed by atoms with van der Waals surface area (Å²) >= 11 is 5.82. The van der Waals surface area contributed by atoms with Gasteiger partial charge in [-0.1, -0.05) is 11.6 Å². The normalized spacial score (nSPS) is 21.9. The number of benzene rings is 1. The van der Waals surface area contributed by atoms with Crippen molar-refractivity contribution in [1.29, 1.82) is 0 Å². The van der Waals surface area contributed by atoms with Gasteiger partial charge in [0.15, 0.2) is 0 Å². The van der Waals surface area contributed by atoms with Crippen molar-refractivity contribution in [2.24, 2.45) is 11.7 Å². The van der Waals surface area contributed by atoms with E-state index >= 15 is 0 Å². The second kappa shape index (κ2) is 7.66. The number of hydrogen-bond acceptors (Lipinski definition) is 3. The van der Waals surface area contributed by atoms with Crippen LogP contribution in [0.25, 0.3) is 0 Å². The zero-order chi connectivity index (χ0) is 15.2. The zero-order valence-corrected chi connectivity index (χ0v) is 13.2. The first kappa shape index (κ1) is 16.1. The first-order valence-electron chi connectivity index (χ1n) is 7.45. The fourth-order valence-corrected chi connectivity index (χ4v) is 2.75. The molecule has 0 heterocycles. The number of rotatable bonds is 5. The van der Waals surface area contributed by atoms with Crippen molar-refractivity contribution in [3.8, 4) is 5.75 Å². The summed E-state index contributed by atoms with van der Waals surface area (Å²) in [7, 11) is 1.84. The third-order valence-corrected chi connectivity index (χ3v) is 4.26. The van der Waals surface area contributed by atoms with Gasteiger partial charge >= 0.3 is 0 Å². The standard InChI is InChI=1S/C16H23ClN2O2/c1-19(16(20)12-2-6-14(18)7-3-12)10-11-21-15-8-4-13(17)5-9-15/h4-5,8-9,12,14H,2-3,6-7,10-11,18H2,1H3. The van der Waals surface area contributed by atoms with E-state index in [1.54, 1.807) is 17.0 Å². The topological polar surface area (TPSA) is 55.6 Å². The Balaban J connectivity index is 1.72. The third kappa shape index (κ3) is 4.90. The molecule has 0 atom stereocenters. The average Bonchev–Trinajstić information content (AvgIpc) is 2.49. The Kier molecular flexibility index (Phi) is 5.88. The van der Waals surface area contributed by atoms with E-state index in [0.29, 0.717) is 18.2 Å². The number of likely N-dealkylation sites (N-methyl/N-ethyl adjacent to an activating group) is 1. The number of nitrogens with zero attached hydrogens (tertiary/aromatic N) is 1. The van der Waals surface area contributed by atoms with Crippen molar-refractivity contribution < 1.29 is 9.53 Å². The van der Waals surface area contributed by atoms with Crippen LogP contribution in [0.2, 0.25) is 5.02 Å². The first-order valence-corrected chi connectivity index (χ1v) is 7.83. The zero-order valence-electron chi connectivity index (χ0n) is 12.4. The molecular formula is C16H23ClN2O2. The molecule has 1 aliphatic carbocycles. The van der Waals surface area contributed by atoms with E-state index in [1.165, 1.54) is 0 Å². The summed E-state index contributed by atoms with van der Waals surface area (Å²) in [6.45, 7) is 1.07. The molecule has 0 bridgehead atoms. The Labute approximate surface area is 131 Å². The molecule has 2 N–H and O–H groups in total. The highest BCUT2D eigenvalue weighted by Gasteiger charge is 2.26. The van der Waals surface area contributed by atoms with Gasteiger partial charge in [0.05, 0.1) is 6.54 Å². The Bertz CT molecular complexity index is 456. The van der Waals surface area contributed by atoms with Gasteiger partial charge in [0.2, 0.25) is 5.91 Å². The molecule has 1 aromatic rings. The minimum absolute atomic E-state index is 0.130. The van der Waals surface area contributed by atoms with Gasteiger partial charge in [0.1, 0.15) is 12.4 Å². The molecule has 5 heteroatoms. The Hall–Kier alpha value is -1.26. The average molecular weight is 311 g/mol. The lowest BCUT2D eigenvalue weighted by molar-refractivity contribution is -0.135. The minimum atomic E-state index is 0.130. The summed E-state index contributed by atoms with van der Waals surface area (Å²) in [4.78, 5) is 14.1. The Morgan fingerprint density at radius 2 is 1.90 bits per heavy atom. The quantitative estimate of drug-likeness (QED) is 0.909. The van der Waals surface area contributed by atoms with E-state index in [-0.39, 0.29) is 17.9 Å². The number of ether oxygens (including phenoxy) is 1. The van der Waals surface area contributed by atoms with Crippen molar-refractivity contribution >= 4 is 17.5 Å². The molecule has 1 aromatic carbocycles. The number of carbonyl (C=O) groups is 1. The summed E-state index contributed by atoms with van der Waals surface area (Å²) in [6.07, 6.45) is 3.71. The van der Waals surface area contributed by atoms with Crippen LogP contribution in [0.3, 0.4) is 0 Å². The minimum Gasteiger partial charge on any atom is -0.492 e. The maximum Gasteiger partial charge on any atom is 0.225 e. The van der Waals surface area contributed by atoms with Crippen LogP contribution in [-0.2, 0) is 4.79 Å². The molecule has 1 fully saturated rings. The van der Waals surface area contributed by atoms with Gasteiger partial charge in [-0.15, -0.1) is 0 Å². The predicted molar refractivity (Wildman–Crippen MR) is 84.5 cm³/mol. The molecule has 116 valence electrons. The molecule has 1 aliphatic rings. The summed E-state index contributed by atoms with van der Waals surface area (Å²) in [5, 5.41) is 0.685. The Morgan fingerprint density at radius 3 is 2.52 bits per heavy atom. The lowest BCUT2D eigenvalue weighted by Gasteiger charge is -2.28. The summed E-state index contributed by atoms with van der Waals surface area (Å²) < 4.78 is 5.61. The van der Waals surface area contributed by atoms with Gasteiger partial charge in [-0.2, -0.15) is 0 Å². The molecule has 0 unspecified atom stereocenters. The largest absolute Gasteiger partial charge is 0.492 e.